The fraction of sp³-hybridized carbons (Fsp3) is 0. The Kier molecular flexibility index (Phi) is 7.94. The first kappa shape index (κ1) is 32.6. The molecule has 6 rings (SSSR count). The van der Waals surface area contributed by atoms with Crippen LogP contribution in [0.3, 0.4) is 0 Å². The number of fused-ring (bicyclic) bond motifs is 3. The highest BCUT2D eigenvalue weighted by atomic mass is 32.2. The highest BCUT2D eigenvalue weighted by Gasteiger charge is 2.23. The topological polar surface area (TPSA) is 259 Å². The van der Waals surface area contributed by atoms with Gasteiger partial charge in [-0.2, -0.15) is 30.4 Å². The molecule has 48 heavy (non-hydrogen) atoms. The van der Waals surface area contributed by atoms with Crippen LogP contribution >= 0.6 is 0 Å². The predicted octanol–water partition coefficient (Wildman–Crippen LogP) is 7.00. The zero-order valence-electron chi connectivity index (χ0n) is 24.0. The van der Waals surface area contributed by atoms with E-state index >= 15 is 0 Å². The average molecular weight is 708 g/mol. The molecule has 0 aliphatic rings. The summed E-state index contributed by atoms with van der Waals surface area (Å²) in [5.74, 6) is -0.649. The standard InChI is InChI=1S/C30H21N5O10S3/c31-18-5-4-17-13-28(48(43,44)45)29(30(36)23(17)14-18)35-34-26-11-10-25(22-9-7-20(15-24(22)26)46(37,38)39)33-32-19-6-8-21-16(12-19)2-1-3-27(21)47(40,41)42/h1-15,36H,31H2,(H,37,38,39)(H,40,41,42)(H,43,44,45). The summed E-state index contributed by atoms with van der Waals surface area (Å²) in [5.41, 5.74) is 5.89. The molecule has 18 heteroatoms. The minimum absolute atomic E-state index is 0.0498. The van der Waals surface area contributed by atoms with E-state index in [0.29, 0.717) is 11.1 Å². The Labute approximate surface area is 272 Å². The molecule has 0 amide bonds. The van der Waals surface area contributed by atoms with Gasteiger partial charge in [-0.1, -0.05) is 30.3 Å². The van der Waals surface area contributed by atoms with E-state index < -0.39 is 51.6 Å². The molecule has 0 aliphatic heterocycles. The number of rotatable bonds is 7. The van der Waals surface area contributed by atoms with Crippen molar-refractivity contribution < 1.29 is 44.0 Å². The second-order valence-electron chi connectivity index (χ2n) is 10.4. The summed E-state index contributed by atoms with van der Waals surface area (Å²) in [7, 11) is -14.1. The van der Waals surface area contributed by atoms with Crippen LogP contribution in [0.25, 0.3) is 32.3 Å². The molecule has 0 fully saturated rings. The van der Waals surface area contributed by atoms with E-state index in [0.717, 1.165) is 18.2 Å². The van der Waals surface area contributed by atoms with Crippen molar-refractivity contribution in [1.29, 1.82) is 0 Å². The zero-order chi connectivity index (χ0) is 34.6. The van der Waals surface area contributed by atoms with Gasteiger partial charge in [0.05, 0.1) is 22.0 Å². The SMILES string of the molecule is Nc1ccc2cc(S(=O)(=O)O)c(N=Nc3ccc(N=Nc4ccc5c(S(=O)(=O)O)cccc5c4)c4ccc(S(=O)(=O)O)cc34)c(O)c2c1. The smallest absolute Gasteiger partial charge is 0.296 e. The Balaban J connectivity index is 1.48. The molecule has 0 aromatic heterocycles. The maximum atomic E-state index is 12.2. The molecule has 0 aliphatic carbocycles. The molecule has 0 saturated heterocycles. The molecule has 6 N–H and O–H groups in total. The van der Waals surface area contributed by atoms with Crippen molar-refractivity contribution >= 4 is 91.1 Å². The molecule has 6 aromatic carbocycles. The molecule has 0 saturated carbocycles. The first-order valence-corrected chi connectivity index (χ1v) is 17.7. The summed E-state index contributed by atoms with van der Waals surface area (Å²) in [5, 5.41) is 28.7. The van der Waals surface area contributed by atoms with Gasteiger partial charge in [-0.15, -0.1) is 15.3 Å². The van der Waals surface area contributed by atoms with Gasteiger partial charge in [0.1, 0.15) is 15.5 Å². The van der Waals surface area contributed by atoms with Crippen LogP contribution in [0.4, 0.5) is 28.4 Å². The number of azo groups is 2. The Morgan fingerprint density at radius 2 is 1.17 bits per heavy atom. The van der Waals surface area contributed by atoms with Crippen LogP contribution in [0.1, 0.15) is 0 Å². The van der Waals surface area contributed by atoms with Crippen LogP contribution in [0.2, 0.25) is 0 Å². The fourth-order valence-electron chi connectivity index (χ4n) is 5.03. The number of nitrogen functional groups attached to an aromatic ring is 1. The van der Waals surface area contributed by atoms with Gasteiger partial charge < -0.3 is 10.8 Å². The number of hydrogen-bond acceptors (Lipinski definition) is 12. The molecule has 6 aromatic rings. The maximum Gasteiger partial charge on any atom is 0.296 e. The molecule has 0 heterocycles. The number of benzene rings is 6. The van der Waals surface area contributed by atoms with E-state index in [9.17, 15) is 44.0 Å². The Bertz CT molecular complexity index is 2730. The van der Waals surface area contributed by atoms with Crippen molar-refractivity contribution in [3.05, 3.63) is 91.0 Å². The fourth-order valence-corrected chi connectivity index (χ4v) is 6.91. The molecular weight excluding hydrogens is 687 g/mol. The lowest BCUT2D eigenvalue weighted by atomic mass is 10.1. The predicted molar refractivity (Wildman–Crippen MR) is 176 cm³/mol. The lowest BCUT2D eigenvalue weighted by Crippen LogP contribution is -1.99. The highest BCUT2D eigenvalue weighted by molar-refractivity contribution is 7.86. The van der Waals surface area contributed by atoms with Gasteiger partial charge in [0.2, 0.25) is 0 Å². The molecule has 0 spiro atoms. The lowest BCUT2D eigenvalue weighted by Gasteiger charge is -2.10. The second-order valence-corrected chi connectivity index (χ2v) is 14.6. The van der Waals surface area contributed by atoms with Crippen LogP contribution in [0, 0.1) is 0 Å². The monoisotopic (exact) mass is 707 g/mol. The number of anilines is 1. The summed E-state index contributed by atoms with van der Waals surface area (Å²) in [6, 6.07) is 20.4. The first-order valence-electron chi connectivity index (χ1n) is 13.4. The number of phenols is 1. The summed E-state index contributed by atoms with van der Waals surface area (Å²) in [6.07, 6.45) is 0. The van der Waals surface area contributed by atoms with Crippen LogP contribution in [-0.4, -0.2) is 44.0 Å². The molecule has 15 nitrogen and oxygen atoms in total. The largest absolute Gasteiger partial charge is 0.505 e. The number of aromatic hydroxyl groups is 1. The van der Waals surface area contributed by atoms with E-state index in [1.807, 2.05) is 0 Å². The number of nitrogens with two attached hydrogens (primary N) is 1. The molecule has 244 valence electrons. The summed E-state index contributed by atoms with van der Waals surface area (Å²) >= 11 is 0. The van der Waals surface area contributed by atoms with Crippen molar-refractivity contribution in [1.82, 2.24) is 0 Å². The number of hydrogen-bond donors (Lipinski definition) is 5. The van der Waals surface area contributed by atoms with Crippen molar-refractivity contribution in [2.45, 2.75) is 14.7 Å². The van der Waals surface area contributed by atoms with Gasteiger partial charge in [0, 0.05) is 27.2 Å². The van der Waals surface area contributed by atoms with Crippen molar-refractivity contribution in [2.24, 2.45) is 20.5 Å². The third kappa shape index (κ3) is 6.30. The Morgan fingerprint density at radius 3 is 1.85 bits per heavy atom. The van der Waals surface area contributed by atoms with Crippen LogP contribution in [-0.2, 0) is 30.4 Å². The molecule has 0 radical (unpaired) electrons. The van der Waals surface area contributed by atoms with Crippen molar-refractivity contribution in [3.8, 4) is 5.75 Å². The van der Waals surface area contributed by atoms with Gasteiger partial charge >= 0.3 is 0 Å². The van der Waals surface area contributed by atoms with E-state index in [2.05, 4.69) is 20.5 Å². The van der Waals surface area contributed by atoms with E-state index in [4.69, 9.17) is 5.73 Å². The first-order chi connectivity index (χ1) is 22.5. The molecular formula is C30H21N5O10S3. The third-order valence-electron chi connectivity index (χ3n) is 7.23. The van der Waals surface area contributed by atoms with Gasteiger partial charge in [-0.3, -0.25) is 13.7 Å². The van der Waals surface area contributed by atoms with Crippen molar-refractivity contribution in [2.75, 3.05) is 5.73 Å². The summed E-state index contributed by atoms with van der Waals surface area (Å²) < 4.78 is 101. The lowest BCUT2D eigenvalue weighted by molar-refractivity contribution is 0.472. The quantitative estimate of drug-likeness (QED) is 0.0640. The van der Waals surface area contributed by atoms with Gasteiger partial charge in [0.25, 0.3) is 30.4 Å². The van der Waals surface area contributed by atoms with E-state index in [-0.39, 0.29) is 48.9 Å². The van der Waals surface area contributed by atoms with E-state index in [1.54, 1.807) is 6.07 Å². The van der Waals surface area contributed by atoms with E-state index in [1.165, 1.54) is 66.7 Å². The van der Waals surface area contributed by atoms with Crippen LogP contribution in [0.5, 0.6) is 5.75 Å². The number of phenolic OH excluding ortho intramolecular Hbond substituents is 1. The third-order valence-corrected chi connectivity index (χ3v) is 9.86. The van der Waals surface area contributed by atoms with Gasteiger partial charge in [0.15, 0.2) is 5.75 Å². The minimum atomic E-state index is -4.92. The second kappa shape index (κ2) is 11.7. The van der Waals surface area contributed by atoms with Crippen LogP contribution < -0.4 is 5.73 Å². The average Bonchev–Trinajstić information content (AvgIpc) is 3.01. The molecule has 0 bridgehead atoms. The Hall–Kier alpha value is -5.37. The maximum absolute atomic E-state index is 12.2. The minimum Gasteiger partial charge on any atom is -0.505 e. The number of nitrogens with zero attached hydrogens (tertiary/aromatic N) is 4. The van der Waals surface area contributed by atoms with Crippen LogP contribution in [0.15, 0.2) is 126 Å². The molecule has 0 atom stereocenters. The molecule has 0 unspecified atom stereocenters. The van der Waals surface area contributed by atoms with Gasteiger partial charge in [-0.25, -0.2) is 0 Å². The zero-order valence-corrected chi connectivity index (χ0v) is 26.4. The highest BCUT2D eigenvalue weighted by Crippen LogP contribution is 2.43. The van der Waals surface area contributed by atoms with Gasteiger partial charge in [-0.05, 0) is 71.4 Å². The summed E-state index contributed by atoms with van der Waals surface area (Å²) in [4.78, 5) is -1.54. The van der Waals surface area contributed by atoms with Crippen molar-refractivity contribution in [3.63, 3.8) is 0 Å². The Morgan fingerprint density at radius 1 is 0.521 bits per heavy atom. The normalized spacial score (nSPS) is 13.0. The summed E-state index contributed by atoms with van der Waals surface area (Å²) in [6.45, 7) is 0.